The van der Waals surface area contributed by atoms with Gasteiger partial charge in [-0.3, -0.25) is 14.4 Å². The van der Waals surface area contributed by atoms with E-state index in [1.54, 1.807) is 31.0 Å². The number of hydrogen-bond acceptors (Lipinski definition) is 9. The van der Waals surface area contributed by atoms with Gasteiger partial charge in [0.1, 0.15) is 19.0 Å². The zero-order valence-electron chi connectivity index (χ0n) is 25.3. The molecule has 0 heterocycles. The van der Waals surface area contributed by atoms with Crippen LogP contribution in [-0.2, 0) is 41.6 Å². The number of rotatable bonds is 22. The number of unbranched alkanes of at least 4 members (excludes halogenated alkanes) is 4. The van der Waals surface area contributed by atoms with E-state index in [1.807, 2.05) is 24.3 Å². The Bertz CT molecular complexity index is 965. The Kier molecular flexibility index (Phi) is 18.4. The molecule has 1 aromatic rings. The van der Waals surface area contributed by atoms with Crippen molar-refractivity contribution in [3.63, 3.8) is 0 Å². The minimum Gasteiger partial charge on any atom is -0.462 e. The highest BCUT2D eigenvalue weighted by molar-refractivity contribution is 7.99. The number of ketones is 1. The van der Waals surface area contributed by atoms with Crippen LogP contribution in [0.1, 0.15) is 82.3 Å². The van der Waals surface area contributed by atoms with Gasteiger partial charge in [-0.25, -0.2) is 0 Å². The lowest BCUT2D eigenvalue weighted by Gasteiger charge is -2.18. The summed E-state index contributed by atoms with van der Waals surface area (Å²) >= 11 is 1.67. The number of aliphatic hydroxyl groups is 2. The minimum absolute atomic E-state index is 0.0558. The minimum atomic E-state index is -0.735. The fourth-order valence-electron chi connectivity index (χ4n) is 5.13. The molecule has 9 heteroatoms. The van der Waals surface area contributed by atoms with Crippen LogP contribution in [0, 0.1) is 11.8 Å². The Morgan fingerprint density at radius 1 is 1.02 bits per heavy atom. The lowest BCUT2D eigenvalue weighted by molar-refractivity contribution is -0.152. The zero-order valence-corrected chi connectivity index (χ0v) is 26.2. The highest BCUT2D eigenvalue weighted by Crippen LogP contribution is 2.34. The Hall–Kier alpha value is -2.20. The number of aliphatic hydroxyl groups excluding tert-OH is 2. The standard InChI is InChI=1S/C33H50O8S/c1-3-4-5-6-7-12-32(37)40-17-18-41-33(38)13-9-19-42-20-16-29-28(30(35)23-31(29)36)15-14-27(34)22-25-10-8-11-26(21-25)24-39-2/h8,10-11,14-15,21,27-30,34-35H,3-7,9,12-13,16-20,22-24H2,1-2H3/t27-,28-,29-,30-/m1/s1. The van der Waals surface area contributed by atoms with Crippen LogP contribution in [0.5, 0.6) is 0 Å². The number of ether oxygens (including phenoxy) is 3. The van der Waals surface area contributed by atoms with E-state index in [9.17, 15) is 24.6 Å². The van der Waals surface area contributed by atoms with E-state index >= 15 is 0 Å². The number of hydrogen-bond donors (Lipinski definition) is 2. The third kappa shape index (κ3) is 14.8. The maximum absolute atomic E-state index is 12.5. The molecule has 8 nitrogen and oxygen atoms in total. The van der Waals surface area contributed by atoms with Gasteiger partial charge in [0.2, 0.25) is 0 Å². The molecule has 236 valence electrons. The average molecular weight is 607 g/mol. The van der Waals surface area contributed by atoms with Gasteiger partial charge < -0.3 is 24.4 Å². The van der Waals surface area contributed by atoms with Crippen molar-refractivity contribution in [1.82, 2.24) is 0 Å². The number of carbonyl (C=O) groups is 3. The molecule has 1 fully saturated rings. The zero-order chi connectivity index (χ0) is 30.6. The quantitative estimate of drug-likeness (QED) is 0.104. The molecule has 0 saturated heterocycles. The van der Waals surface area contributed by atoms with Crippen LogP contribution >= 0.6 is 11.8 Å². The summed E-state index contributed by atoms with van der Waals surface area (Å²) in [6.07, 6.45) is 9.96. The number of benzene rings is 1. The maximum atomic E-state index is 12.5. The first-order chi connectivity index (χ1) is 20.3. The predicted octanol–water partition coefficient (Wildman–Crippen LogP) is 5.21. The Morgan fingerprint density at radius 3 is 2.43 bits per heavy atom. The normalized spacial score (nSPS) is 19.3. The molecule has 42 heavy (non-hydrogen) atoms. The summed E-state index contributed by atoms with van der Waals surface area (Å²) in [6.45, 7) is 2.82. The second-order valence-corrected chi connectivity index (χ2v) is 12.2. The van der Waals surface area contributed by atoms with E-state index < -0.39 is 12.2 Å². The van der Waals surface area contributed by atoms with Gasteiger partial charge in [0, 0.05) is 44.6 Å². The van der Waals surface area contributed by atoms with E-state index in [4.69, 9.17) is 14.2 Å². The molecule has 1 aromatic carbocycles. The highest BCUT2D eigenvalue weighted by Gasteiger charge is 2.39. The van der Waals surface area contributed by atoms with E-state index in [0.717, 1.165) is 41.9 Å². The van der Waals surface area contributed by atoms with Gasteiger partial charge in [-0.05, 0) is 41.9 Å². The van der Waals surface area contributed by atoms with Gasteiger partial charge >= 0.3 is 11.9 Å². The summed E-state index contributed by atoms with van der Waals surface area (Å²) in [5.41, 5.74) is 2.03. The molecule has 1 aliphatic carbocycles. The van der Waals surface area contributed by atoms with Gasteiger partial charge in [-0.15, -0.1) is 0 Å². The second kappa shape index (κ2) is 21.5. The van der Waals surface area contributed by atoms with Crippen LogP contribution < -0.4 is 0 Å². The summed E-state index contributed by atoms with van der Waals surface area (Å²) < 4.78 is 15.4. The summed E-state index contributed by atoms with van der Waals surface area (Å²) in [5.74, 6) is 0.418. The van der Waals surface area contributed by atoms with Crippen molar-refractivity contribution in [2.45, 2.75) is 96.4 Å². The van der Waals surface area contributed by atoms with Crippen molar-refractivity contribution in [3.8, 4) is 0 Å². The summed E-state index contributed by atoms with van der Waals surface area (Å²) in [5, 5.41) is 21.0. The van der Waals surface area contributed by atoms with Crippen molar-refractivity contribution in [1.29, 1.82) is 0 Å². The molecule has 2 rings (SSSR count). The number of carbonyl (C=O) groups excluding carboxylic acids is 3. The van der Waals surface area contributed by atoms with E-state index in [1.165, 1.54) is 12.8 Å². The molecule has 0 aliphatic heterocycles. The number of Topliss-reactive ketones (excluding diaryl/α,β-unsaturated/α-hetero) is 1. The van der Waals surface area contributed by atoms with Gasteiger partial charge in [-0.1, -0.05) is 69.0 Å². The first-order valence-electron chi connectivity index (χ1n) is 15.4. The summed E-state index contributed by atoms with van der Waals surface area (Å²) in [7, 11) is 1.64. The maximum Gasteiger partial charge on any atom is 0.305 e. The number of methoxy groups -OCH3 is 1. The highest BCUT2D eigenvalue weighted by atomic mass is 32.2. The van der Waals surface area contributed by atoms with Crippen molar-refractivity contribution in [2.75, 3.05) is 31.8 Å². The van der Waals surface area contributed by atoms with Crippen LogP contribution in [0.15, 0.2) is 36.4 Å². The molecule has 4 atom stereocenters. The molecule has 0 aromatic heterocycles. The summed E-state index contributed by atoms with van der Waals surface area (Å²) in [4.78, 5) is 36.2. The van der Waals surface area contributed by atoms with Crippen molar-refractivity contribution in [3.05, 3.63) is 47.5 Å². The summed E-state index contributed by atoms with van der Waals surface area (Å²) in [6, 6.07) is 7.87. The van der Waals surface area contributed by atoms with Gasteiger partial charge in [0.25, 0.3) is 0 Å². The van der Waals surface area contributed by atoms with E-state index in [0.29, 0.717) is 32.3 Å². The molecule has 0 spiro atoms. The lowest BCUT2D eigenvalue weighted by Crippen LogP contribution is -2.20. The molecule has 2 N–H and O–H groups in total. The van der Waals surface area contributed by atoms with Crippen LogP contribution in [0.25, 0.3) is 0 Å². The molecule has 1 aliphatic rings. The van der Waals surface area contributed by atoms with Crippen molar-refractivity contribution < 1.29 is 38.8 Å². The molecule has 1 saturated carbocycles. The Morgan fingerprint density at radius 2 is 1.71 bits per heavy atom. The molecule has 0 bridgehead atoms. The van der Waals surface area contributed by atoms with Crippen LogP contribution in [0.3, 0.4) is 0 Å². The fraction of sp³-hybridized carbons (Fsp3) is 0.667. The van der Waals surface area contributed by atoms with Crippen LogP contribution in [-0.4, -0.2) is 72.0 Å². The third-order valence-electron chi connectivity index (χ3n) is 7.37. The average Bonchev–Trinajstić information content (AvgIpc) is 3.23. The van der Waals surface area contributed by atoms with Crippen LogP contribution in [0.2, 0.25) is 0 Å². The molecule has 0 amide bonds. The Labute approximate surface area is 255 Å². The smallest absolute Gasteiger partial charge is 0.305 e. The predicted molar refractivity (Wildman–Crippen MR) is 165 cm³/mol. The van der Waals surface area contributed by atoms with Crippen molar-refractivity contribution in [2.24, 2.45) is 11.8 Å². The first kappa shape index (κ1) is 36.0. The third-order valence-corrected chi connectivity index (χ3v) is 8.47. The van der Waals surface area contributed by atoms with Crippen LogP contribution in [0.4, 0.5) is 0 Å². The molecular weight excluding hydrogens is 556 g/mol. The number of esters is 2. The van der Waals surface area contributed by atoms with Crippen molar-refractivity contribution >= 4 is 29.5 Å². The molecule has 0 unspecified atom stereocenters. The van der Waals surface area contributed by atoms with Gasteiger partial charge in [0.05, 0.1) is 18.8 Å². The fourth-order valence-corrected chi connectivity index (χ4v) is 6.10. The van der Waals surface area contributed by atoms with E-state index in [-0.39, 0.29) is 55.6 Å². The lowest BCUT2D eigenvalue weighted by atomic mass is 9.91. The first-order valence-corrected chi connectivity index (χ1v) is 16.5. The van der Waals surface area contributed by atoms with Gasteiger partial charge in [0.15, 0.2) is 0 Å². The molecule has 0 radical (unpaired) electrons. The topological polar surface area (TPSA) is 119 Å². The molecular formula is C33H50O8S. The van der Waals surface area contributed by atoms with Gasteiger partial charge in [-0.2, -0.15) is 11.8 Å². The van der Waals surface area contributed by atoms with E-state index in [2.05, 4.69) is 6.92 Å². The number of thioether (sulfide) groups is 1. The SMILES string of the molecule is CCCCCCCC(=O)OCCOC(=O)CCCSCC[C@H]1C(=O)C[C@@H](O)[C@@H]1C=C[C@@H](O)Cc1cccc(COC)c1. The second-order valence-electron chi connectivity index (χ2n) is 10.9. The monoisotopic (exact) mass is 606 g/mol. The Balaban J connectivity index is 1.59. The largest absolute Gasteiger partial charge is 0.462 e.